The van der Waals surface area contributed by atoms with E-state index in [1.807, 2.05) is 13.8 Å². The highest BCUT2D eigenvalue weighted by Gasteiger charge is 2.42. The van der Waals surface area contributed by atoms with E-state index in [9.17, 15) is 18.0 Å². The van der Waals surface area contributed by atoms with Crippen molar-refractivity contribution in [2.24, 2.45) is 11.3 Å². The summed E-state index contributed by atoms with van der Waals surface area (Å²) in [6, 6.07) is 0. The van der Waals surface area contributed by atoms with Gasteiger partial charge in [-0.05, 0) is 25.2 Å². The Morgan fingerprint density at radius 1 is 1.33 bits per heavy atom. The van der Waals surface area contributed by atoms with E-state index in [0.717, 1.165) is 12.0 Å². The SMILES string of the molecule is COC(=O)C1=C(C)NC2=C(C(=O)CC(C)(C)C2)C1CCS(C)(=O)=O. The average molecular weight is 355 g/mol. The van der Waals surface area contributed by atoms with E-state index in [-0.39, 0.29) is 23.4 Å². The molecule has 2 aliphatic rings. The van der Waals surface area contributed by atoms with Gasteiger partial charge in [0, 0.05) is 35.6 Å². The first-order chi connectivity index (χ1) is 10.9. The minimum absolute atomic E-state index is 0.0267. The van der Waals surface area contributed by atoms with Crippen LogP contribution in [0.4, 0.5) is 0 Å². The Balaban J connectivity index is 2.49. The maximum atomic E-state index is 12.7. The Hall–Kier alpha value is -1.63. The highest BCUT2D eigenvalue weighted by Crippen LogP contribution is 2.43. The van der Waals surface area contributed by atoms with Crippen molar-refractivity contribution in [3.05, 3.63) is 22.5 Å². The number of allylic oxidation sites excluding steroid dienone is 3. The summed E-state index contributed by atoms with van der Waals surface area (Å²) < 4.78 is 28.1. The number of Topliss-reactive ketones (excluding diaryl/α,β-unsaturated/α-hetero) is 1. The van der Waals surface area contributed by atoms with E-state index in [1.165, 1.54) is 7.11 Å². The van der Waals surface area contributed by atoms with E-state index in [1.54, 1.807) is 6.92 Å². The zero-order valence-corrected chi connectivity index (χ0v) is 15.7. The molecular weight excluding hydrogens is 330 g/mol. The molecule has 0 saturated carbocycles. The molecule has 6 nitrogen and oxygen atoms in total. The molecule has 1 atom stereocenters. The van der Waals surface area contributed by atoms with E-state index < -0.39 is 21.7 Å². The minimum atomic E-state index is -3.20. The van der Waals surface area contributed by atoms with Gasteiger partial charge in [-0.1, -0.05) is 13.8 Å². The molecule has 2 rings (SSSR count). The summed E-state index contributed by atoms with van der Waals surface area (Å²) in [6.45, 7) is 5.81. The van der Waals surface area contributed by atoms with Gasteiger partial charge in [-0.25, -0.2) is 13.2 Å². The normalized spacial score (nSPS) is 23.7. The van der Waals surface area contributed by atoms with E-state index in [4.69, 9.17) is 4.74 Å². The first-order valence-electron chi connectivity index (χ1n) is 7.95. The predicted octanol–water partition coefficient (Wildman–Crippen LogP) is 1.73. The summed E-state index contributed by atoms with van der Waals surface area (Å²) in [5.41, 5.74) is 2.18. The number of hydrogen-bond donors (Lipinski definition) is 1. The lowest BCUT2D eigenvalue weighted by atomic mass is 9.69. The molecule has 0 spiro atoms. The number of nitrogens with one attached hydrogen (secondary N) is 1. The maximum Gasteiger partial charge on any atom is 0.336 e. The third-order valence-corrected chi connectivity index (χ3v) is 5.52. The quantitative estimate of drug-likeness (QED) is 0.773. The number of carbonyl (C=O) groups is 2. The van der Waals surface area contributed by atoms with Gasteiger partial charge in [-0.3, -0.25) is 4.79 Å². The predicted molar refractivity (Wildman–Crippen MR) is 90.7 cm³/mol. The minimum Gasteiger partial charge on any atom is -0.466 e. The molecule has 1 aliphatic heterocycles. The van der Waals surface area contributed by atoms with Crippen molar-refractivity contribution in [1.29, 1.82) is 0 Å². The second-order valence-corrected chi connectivity index (χ2v) is 9.72. The smallest absolute Gasteiger partial charge is 0.336 e. The van der Waals surface area contributed by atoms with Crippen molar-refractivity contribution in [1.82, 2.24) is 5.32 Å². The molecule has 0 bridgehead atoms. The lowest BCUT2D eigenvalue weighted by Crippen LogP contribution is -2.39. The van der Waals surface area contributed by atoms with Crippen molar-refractivity contribution >= 4 is 21.6 Å². The van der Waals surface area contributed by atoms with Crippen LogP contribution in [0.3, 0.4) is 0 Å². The van der Waals surface area contributed by atoms with E-state index in [2.05, 4.69) is 5.32 Å². The molecule has 0 aromatic heterocycles. The first-order valence-corrected chi connectivity index (χ1v) is 10.0. The number of carbonyl (C=O) groups excluding carboxylic acids is 2. The number of esters is 1. The molecule has 7 heteroatoms. The summed E-state index contributed by atoms with van der Waals surface area (Å²) in [6.07, 6.45) is 2.43. The molecule has 0 saturated heterocycles. The third-order valence-electron chi connectivity index (χ3n) is 4.54. The molecule has 24 heavy (non-hydrogen) atoms. The zero-order valence-electron chi connectivity index (χ0n) is 14.9. The number of ether oxygens (including phenoxy) is 1. The fourth-order valence-corrected chi connectivity index (χ4v) is 4.24. The van der Waals surface area contributed by atoms with Crippen molar-refractivity contribution in [3.63, 3.8) is 0 Å². The number of ketones is 1. The van der Waals surface area contributed by atoms with Crippen molar-refractivity contribution < 1.29 is 22.7 Å². The Bertz CT molecular complexity index is 743. The summed E-state index contributed by atoms with van der Waals surface area (Å²) in [7, 11) is -1.92. The summed E-state index contributed by atoms with van der Waals surface area (Å²) in [4.78, 5) is 24.9. The summed E-state index contributed by atoms with van der Waals surface area (Å²) in [5.74, 6) is -1.17. The summed E-state index contributed by atoms with van der Waals surface area (Å²) in [5, 5.41) is 3.18. The molecule has 1 aliphatic carbocycles. The maximum absolute atomic E-state index is 12.7. The van der Waals surface area contributed by atoms with Crippen LogP contribution in [-0.2, 0) is 24.2 Å². The van der Waals surface area contributed by atoms with Gasteiger partial charge < -0.3 is 10.1 Å². The van der Waals surface area contributed by atoms with Crippen LogP contribution in [0.15, 0.2) is 22.5 Å². The van der Waals surface area contributed by atoms with Crippen LogP contribution in [-0.4, -0.2) is 39.3 Å². The molecule has 1 N–H and O–H groups in total. The lowest BCUT2D eigenvalue weighted by molar-refractivity contribution is -0.136. The van der Waals surface area contributed by atoms with Gasteiger partial charge in [0.05, 0.1) is 18.4 Å². The van der Waals surface area contributed by atoms with Gasteiger partial charge in [-0.2, -0.15) is 0 Å². The second-order valence-electron chi connectivity index (χ2n) is 7.46. The Labute approximate surface area is 143 Å². The van der Waals surface area contributed by atoms with Crippen LogP contribution in [0.1, 0.15) is 40.0 Å². The topological polar surface area (TPSA) is 89.5 Å². The molecular formula is C17H25NO5S. The van der Waals surface area contributed by atoms with Crippen LogP contribution in [0.5, 0.6) is 0 Å². The monoisotopic (exact) mass is 355 g/mol. The lowest BCUT2D eigenvalue weighted by Gasteiger charge is -2.39. The summed E-state index contributed by atoms with van der Waals surface area (Å²) >= 11 is 0. The molecule has 1 heterocycles. The molecule has 134 valence electrons. The number of dihydropyridines is 1. The highest BCUT2D eigenvalue weighted by molar-refractivity contribution is 7.90. The average Bonchev–Trinajstić information content (AvgIpc) is 2.40. The van der Waals surface area contributed by atoms with Crippen LogP contribution in [0, 0.1) is 11.3 Å². The Morgan fingerprint density at radius 3 is 2.50 bits per heavy atom. The second kappa shape index (κ2) is 6.35. The highest BCUT2D eigenvalue weighted by atomic mass is 32.2. The van der Waals surface area contributed by atoms with E-state index in [0.29, 0.717) is 29.7 Å². The number of methoxy groups -OCH3 is 1. The van der Waals surface area contributed by atoms with Gasteiger partial charge in [0.15, 0.2) is 5.78 Å². The number of hydrogen-bond acceptors (Lipinski definition) is 6. The van der Waals surface area contributed by atoms with Crippen molar-refractivity contribution in [3.8, 4) is 0 Å². The molecule has 0 amide bonds. The number of rotatable bonds is 4. The number of sulfone groups is 1. The first kappa shape index (κ1) is 18.7. The van der Waals surface area contributed by atoms with Gasteiger partial charge in [0.2, 0.25) is 0 Å². The van der Waals surface area contributed by atoms with Crippen LogP contribution >= 0.6 is 0 Å². The molecule has 0 aromatic rings. The van der Waals surface area contributed by atoms with Crippen LogP contribution in [0.2, 0.25) is 0 Å². The van der Waals surface area contributed by atoms with Crippen LogP contribution < -0.4 is 5.32 Å². The zero-order chi connectivity index (χ0) is 18.3. The Morgan fingerprint density at radius 2 is 1.96 bits per heavy atom. The fraction of sp³-hybridized carbons (Fsp3) is 0.647. The van der Waals surface area contributed by atoms with Crippen molar-refractivity contribution in [2.45, 2.75) is 40.0 Å². The molecule has 0 aromatic carbocycles. The fourth-order valence-electron chi connectivity index (χ4n) is 3.58. The van der Waals surface area contributed by atoms with Gasteiger partial charge >= 0.3 is 5.97 Å². The molecule has 1 unspecified atom stereocenters. The standard InChI is InChI=1S/C17H25NO5S/c1-10-14(16(20)23-4)11(6-7-24(5,21)22)15-12(18-10)8-17(2,3)9-13(15)19/h11,18H,6-9H2,1-5H3. The third kappa shape index (κ3) is 3.88. The Kier molecular flexibility index (Phi) is 4.95. The van der Waals surface area contributed by atoms with Crippen LogP contribution in [0.25, 0.3) is 0 Å². The van der Waals surface area contributed by atoms with E-state index >= 15 is 0 Å². The van der Waals surface area contributed by atoms with Gasteiger partial charge in [0.1, 0.15) is 9.84 Å². The molecule has 0 fully saturated rings. The largest absolute Gasteiger partial charge is 0.466 e. The van der Waals surface area contributed by atoms with Gasteiger partial charge in [0.25, 0.3) is 0 Å². The van der Waals surface area contributed by atoms with Crippen molar-refractivity contribution in [2.75, 3.05) is 19.1 Å². The van der Waals surface area contributed by atoms with Gasteiger partial charge in [-0.15, -0.1) is 0 Å². The molecule has 0 radical (unpaired) electrons.